The predicted molar refractivity (Wildman–Crippen MR) is 95.4 cm³/mol. The van der Waals surface area contributed by atoms with Crippen molar-refractivity contribution in [2.24, 2.45) is 0 Å². The lowest BCUT2D eigenvalue weighted by Gasteiger charge is -2.36. The van der Waals surface area contributed by atoms with Gasteiger partial charge in [-0.3, -0.25) is 9.20 Å². The highest BCUT2D eigenvalue weighted by Gasteiger charge is 2.48. The lowest BCUT2D eigenvalue weighted by Crippen LogP contribution is -2.50. The number of fused-ring (bicyclic) bond motifs is 1. The van der Waals surface area contributed by atoms with Crippen LogP contribution in [0.15, 0.2) is 18.3 Å². The number of imidazole rings is 1. The van der Waals surface area contributed by atoms with Crippen molar-refractivity contribution in [1.29, 1.82) is 0 Å². The van der Waals surface area contributed by atoms with Crippen LogP contribution >= 0.6 is 0 Å². The lowest BCUT2D eigenvalue weighted by molar-refractivity contribution is -0.260. The molecule has 0 amide bonds. The minimum absolute atomic E-state index is 0.0140. The van der Waals surface area contributed by atoms with Crippen LogP contribution in [0.5, 0.6) is 5.75 Å². The molecule has 0 bridgehead atoms. The first-order valence-corrected chi connectivity index (χ1v) is 8.61. The number of aromatic nitrogens is 2. The van der Waals surface area contributed by atoms with Crippen LogP contribution in [0.2, 0.25) is 0 Å². The van der Waals surface area contributed by atoms with E-state index in [-0.39, 0.29) is 25.4 Å². The van der Waals surface area contributed by atoms with Gasteiger partial charge < -0.3 is 19.1 Å². The Hall–Kier alpha value is -2.43. The minimum Gasteiger partial charge on any atom is -0.490 e. The Morgan fingerprint density at radius 1 is 1.42 bits per heavy atom. The molecular weight excluding hydrogens is 334 g/mol. The molecule has 1 fully saturated rings. The Labute approximate surface area is 152 Å². The molecular formula is C19H23N3O4. The Morgan fingerprint density at radius 2 is 2.12 bits per heavy atom. The molecule has 7 heteroatoms. The van der Waals surface area contributed by atoms with E-state index in [1.807, 2.05) is 19.1 Å². The van der Waals surface area contributed by atoms with E-state index in [1.165, 1.54) is 0 Å². The second-order valence-electron chi connectivity index (χ2n) is 6.96. The quantitative estimate of drug-likeness (QED) is 0.608. The van der Waals surface area contributed by atoms with Gasteiger partial charge in [0.15, 0.2) is 23.0 Å². The highest BCUT2D eigenvalue weighted by Crippen LogP contribution is 2.31. The van der Waals surface area contributed by atoms with Crippen LogP contribution in [0.1, 0.15) is 43.4 Å². The van der Waals surface area contributed by atoms with E-state index in [2.05, 4.69) is 9.83 Å². The molecule has 0 spiro atoms. The standard InChI is InChI=1S/C19H23N3O4/c1-6-24-15-8-7-9-22-16(13(2)21-17(15)22)14(23)10-19(20-5)11-25-18(3,4)26-12-19/h7-9H,6,10-12H2,1-4H3. The fourth-order valence-corrected chi connectivity index (χ4v) is 3.05. The fraction of sp³-hybridized carbons (Fsp3) is 0.526. The molecule has 7 nitrogen and oxygen atoms in total. The third-order valence-corrected chi connectivity index (χ3v) is 4.46. The van der Waals surface area contributed by atoms with Gasteiger partial charge in [0.1, 0.15) is 18.9 Å². The Balaban J connectivity index is 1.92. The second kappa shape index (κ2) is 6.71. The van der Waals surface area contributed by atoms with E-state index in [9.17, 15) is 4.79 Å². The number of rotatable bonds is 5. The first-order valence-electron chi connectivity index (χ1n) is 8.61. The smallest absolute Gasteiger partial charge is 0.285 e. The maximum atomic E-state index is 13.0. The number of ketones is 1. The van der Waals surface area contributed by atoms with E-state index in [0.29, 0.717) is 29.4 Å². The maximum absolute atomic E-state index is 13.0. The van der Waals surface area contributed by atoms with Crippen LogP contribution in [0.4, 0.5) is 0 Å². The van der Waals surface area contributed by atoms with Crippen molar-refractivity contribution >= 4 is 11.4 Å². The number of pyridine rings is 1. The van der Waals surface area contributed by atoms with Crippen LogP contribution in [-0.4, -0.2) is 46.3 Å². The Bertz CT molecular complexity index is 869. The summed E-state index contributed by atoms with van der Waals surface area (Å²) in [7, 11) is 0. The van der Waals surface area contributed by atoms with Crippen molar-refractivity contribution in [3.05, 3.63) is 41.1 Å². The van der Waals surface area contributed by atoms with Crippen molar-refractivity contribution in [3.8, 4) is 5.75 Å². The van der Waals surface area contributed by atoms with Crippen molar-refractivity contribution < 1.29 is 19.0 Å². The average Bonchev–Trinajstić information content (AvgIpc) is 2.94. The predicted octanol–water partition coefficient (Wildman–Crippen LogP) is 3.06. The summed E-state index contributed by atoms with van der Waals surface area (Å²) in [5.74, 6) is -0.266. The lowest BCUT2D eigenvalue weighted by atomic mass is 9.92. The molecule has 2 aromatic rings. The molecule has 0 aliphatic carbocycles. The summed E-state index contributed by atoms with van der Waals surface area (Å²) >= 11 is 0. The van der Waals surface area contributed by atoms with Crippen LogP contribution < -0.4 is 4.74 Å². The van der Waals surface area contributed by atoms with Gasteiger partial charge in [0.05, 0.1) is 18.7 Å². The van der Waals surface area contributed by atoms with Gasteiger partial charge >= 0.3 is 0 Å². The summed E-state index contributed by atoms with van der Waals surface area (Å²) in [6, 6.07) is 3.64. The van der Waals surface area contributed by atoms with Crippen LogP contribution in [0.25, 0.3) is 10.5 Å². The van der Waals surface area contributed by atoms with Crippen LogP contribution in [0.3, 0.4) is 0 Å². The fourth-order valence-electron chi connectivity index (χ4n) is 3.05. The summed E-state index contributed by atoms with van der Waals surface area (Å²) in [4.78, 5) is 21.2. The molecule has 1 aliphatic heterocycles. The SMILES string of the molecule is [C-]#[N+]C1(CC(=O)c2c(C)nc3c(OCC)cccn23)COC(C)(C)OC1. The molecule has 1 saturated heterocycles. The Morgan fingerprint density at radius 3 is 2.73 bits per heavy atom. The summed E-state index contributed by atoms with van der Waals surface area (Å²) in [5.41, 5.74) is 0.666. The third kappa shape index (κ3) is 3.30. The first kappa shape index (κ1) is 18.4. The summed E-state index contributed by atoms with van der Waals surface area (Å²) in [5, 5.41) is 0. The third-order valence-electron chi connectivity index (χ3n) is 4.46. The van der Waals surface area contributed by atoms with E-state index in [0.717, 1.165) is 0 Å². The topological polar surface area (TPSA) is 66.4 Å². The van der Waals surface area contributed by atoms with E-state index >= 15 is 0 Å². The number of ether oxygens (including phenoxy) is 3. The largest absolute Gasteiger partial charge is 0.490 e. The van der Waals surface area contributed by atoms with Crippen molar-refractivity contribution in [2.45, 2.75) is 45.4 Å². The molecule has 3 heterocycles. The van der Waals surface area contributed by atoms with Gasteiger partial charge in [0.2, 0.25) is 0 Å². The molecule has 138 valence electrons. The van der Waals surface area contributed by atoms with Gasteiger partial charge in [-0.1, -0.05) is 0 Å². The number of hydrogen-bond donors (Lipinski definition) is 0. The molecule has 2 aromatic heterocycles. The summed E-state index contributed by atoms with van der Waals surface area (Å²) in [6.45, 7) is 15.7. The van der Waals surface area contributed by atoms with Gasteiger partial charge in [-0.15, -0.1) is 0 Å². The molecule has 0 saturated carbocycles. The van der Waals surface area contributed by atoms with E-state index < -0.39 is 11.3 Å². The number of nitrogens with zero attached hydrogens (tertiary/aromatic N) is 3. The molecule has 3 rings (SSSR count). The van der Waals surface area contributed by atoms with Gasteiger partial charge in [-0.25, -0.2) is 11.6 Å². The highest BCUT2D eigenvalue weighted by molar-refractivity contribution is 5.97. The van der Waals surface area contributed by atoms with Crippen molar-refractivity contribution in [2.75, 3.05) is 19.8 Å². The summed E-state index contributed by atoms with van der Waals surface area (Å²) in [6.07, 6.45) is 1.80. The molecule has 0 atom stereocenters. The molecule has 0 aromatic carbocycles. The van der Waals surface area contributed by atoms with Gasteiger partial charge in [-0.05, 0) is 39.8 Å². The van der Waals surface area contributed by atoms with Gasteiger partial charge in [0, 0.05) is 6.20 Å². The molecule has 0 unspecified atom stereocenters. The number of aryl methyl sites for hydroxylation is 1. The van der Waals surface area contributed by atoms with Crippen LogP contribution in [-0.2, 0) is 9.47 Å². The number of carbonyl (C=O) groups excluding carboxylic acids is 1. The van der Waals surface area contributed by atoms with E-state index in [4.69, 9.17) is 20.8 Å². The second-order valence-corrected chi connectivity index (χ2v) is 6.96. The monoisotopic (exact) mass is 357 g/mol. The maximum Gasteiger partial charge on any atom is 0.285 e. The molecule has 1 aliphatic rings. The van der Waals surface area contributed by atoms with Gasteiger partial charge in [-0.2, -0.15) is 0 Å². The zero-order valence-corrected chi connectivity index (χ0v) is 15.5. The average molecular weight is 357 g/mol. The zero-order chi connectivity index (χ0) is 18.9. The van der Waals surface area contributed by atoms with Crippen LogP contribution in [0, 0.1) is 13.5 Å². The molecule has 0 radical (unpaired) electrons. The molecule has 0 N–H and O–H groups in total. The normalized spacial score (nSPS) is 18.4. The van der Waals surface area contributed by atoms with Crippen molar-refractivity contribution in [3.63, 3.8) is 0 Å². The number of hydrogen-bond acceptors (Lipinski definition) is 5. The number of Topliss-reactive ketones (excluding diaryl/α,β-unsaturated/α-hetero) is 1. The molecule has 26 heavy (non-hydrogen) atoms. The van der Waals surface area contributed by atoms with Gasteiger partial charge in [0.25, 0.3) is 5.54 Å². The number of carbonyl (C=O) groups is 1. The first-order chi connectivity index (χ1) is 12.3. The zero-order valence-electron chi connectivity index (χ0n) is 15.5. The Kier molecular flexibility index (Phi) is 4.74. The van der Waals surface area contributed by atoms with Crippen molar-refractivity contribution in [1.82, 2.24) is 9.38 Å². The summed E-state index contributed by atoms with van der Waals surface area (Å²) < 4.78 is 18.6. The minimum atomic E-state index is -1.01. The highest BCUT2D eigenvalue weighted by atomic mass is 16.7. The van der Waals surface area contributed by atoms with E-state index in [1.54, 1.807) is 31.4 Å².